The fourth-order valence-electron chi connectivity index (χ4n) is 3.09. The van der Waals surface area contributed by atoms with Crippen LogP contribution in [0, 0.1) is 11.8 Å². The van der Waals surface area contributed by atoms with Crippen LogP contribution in [0.15, 0.2) is 0 Å². The first-order chi connectivity index (χ1) is 9.56. The van der Waals surface area contributed by atoms with E-state index < -0.39 is 0 Å². The molecular formula is C14H26N4OS. The summed E-state index contributed by atoms with van der Waals surface area (Å²) < 4.78 is 9.30. The molecule has 20 heavy (non-hydrogen) atoms. The average molecular weight is 298 g/mol. The molecular weight excluding hydrogens is 272 g/mol. The predicted octanol–water partition coefficient (Wildman–Crippen LogP) is 2.46. The van der Waals surface area contributed by atoms with Crippen molar-refractivity contribution in [2.45, 2.75) is 39.8 Å². The van der Waals surface area contributed by atoms with Gasteiger partial charge in [-0.05, 0) is 25.2 Å². The number of rotatable bonds is 6. The van der Waals surface area contributed by atoms with Crippen LogP contribution in [0.4, 0.5) is 5.13 Å². The number of hydrogen-bond acceptors (Lipinski definition) is 6. The molecule has 2 heterocycles. The molecule has 0 aromatic carbocycles. The highest BCUT2D eigenvalue weighted by molar-refractivity contribution is 7.09. The van der Waals surface area contributed by atoms with E-state index in [9.17, 15) is 0 Å². The Bertz CT molecular complexity index is 402. The second-order valence-corrected chi connectivity index (χ2v) is 6.91. The molecule has 0 amide bonds. The van der Waals surface area contributed by atoms with E-state index >= 15 is 0 Å². The van der Waals surface area contributed by atoms with Gasteiger partial charge in [-0.2, -0.15) is 4.37 Å². The Morgan fingerprint density at radius 2 is 2.10 bits per heavy atom. The van der Waals surface area contributed by atoms with Crippen LogP contribution in [0.5, 0.6) is 0 Å². The monoisotopic (exact) mass is 298 g/mol. The van der Waals surface area contributed by atoms with Gasteiger partial charge in [0.15, 0.2) is 5.82 Å². The summed E-state index contributed by atoms with van der Waals surface area (Å²) in [5, 5.41) is 4.34. The molecule has 1 aliphatic heterocycles. The zero-order valence-electron chi connectivity index (χ0n) is 12.9. The van der Waals surface area contributed by atoms with E-state index in [0.717, 1.165) is 29.3 Å². The van der Waals surface area contributed by atoms with Crippen molar-refractivity contribution in [1.29, 1.82) is 0 Å². The lowest BCUT2D eigenvalue weighted by Gasteiger charge is -2.36. The molecule has 0 saturated carbocycles. The van der Waals surface area contributed by atoms with Crippen molar-refractivity contribution in [1.82, 2.24) is 14.3 Å². The molecule has 1 aromatic heterocycles. The van der Waals surface area contributed by atoms with E-state index in [2.05, 4.69) is 40.3 Å². The van der Waals surface area contributed by atoms with Crippen molar-refractivity contribution in [2.24, 2.45) is 11.8 Å². The molecule has 0 spiro atoms. The van der Waals surface area contributed by atoms with E-state index in [1.165, 1.54) is 31.0 Å². The summed E-state index contributed by atoms with van der Waals surface area (Å²) in [6.07, 6.45) is 1.36. The minimum Gasteiger partial charge on any atom is -0.377 e. The summed E-state index contributed by atoms with van der Waals surface area (Å²) in [5.74, 6) is 2.37. The highest BCUT2D eigenvalue weighted by Gasteiger charge is 2.23. The van der Waals surface area contributed by atoms with E-state index in [1.807, 2.05) is 0 Å². The van der Waals surface area contributed by atoms with Crippen LogP contribution >= 0.6 is 11.5 Å². The van der Waals surface area contributed by atoms with Crippen molar-refractivity contribution in [3.63, 3.8) is 0 Å². The first-order valence-electron chi connectivity index (χ1n) is 7.37. The molecule has 3 atom stereocenters. The molecule has 0 unspecified atom stereocenters. The number of nitrogens with zero attached hydrogens (tertiary/aromatic N) is 3. The van der Waals surface area contributed by atoms with Crippen LogP contribution < -0.4 is 5.32 Å². The lowest BCUT2D eigenvalue weighted by atomic mass is 9.92. The van der Waals surface area contributed by atoms with Gasteiger partial charge in [0.2, 0.25) is 5.13 Å². The van der Waals surface area contributed by atoms with Crippen molar-refractivity contribution in [3.8, 4) is 0 Å². The summed E-state index contributed by atoms with van der Waals surface area (Å²) in [7, 11) is 1.66. The van der Waals surface area contributed by atoms with E-state index in [0.29, 0.717) is 12.6 Å². The van der Waals surface area contributed by atoms with Crippen molar-refractivity contribution < 1.29 is 4.74 Å². The van der Waals surface area contributed by atoms with Crippen molar-refractivity contribution in [3.05, 3.63) is 5.82 Å². The van der Waals surface area contributed by atoms with Gasteiger partial charge < -0.3 is 15.0 Å². The molecule has 1 aliphatic rings. The maximum atomic E-state index is 5.04. The lowest BCUT2D eigenvalue weighted by molar-refractivity contribution is 0.138. The molecule has 1 aromatic rings. The highest BCUT2D eigenvalue weighted by atomic mass is 32.1. The Hall–Kier alpha value is -0.720. The molecule has 5 nitrogen and oxygen atoms in total. The maximum absolute atomic E-state index is 5.04. The number of aromatic nitrogens is 2. The Labute approximate surface area is 125 Å². The third-order valence-electron chi connectivity index (χ3n) is 3.59. The molecule has 0 radical (unpaired) electrons. The van der Waals surface area contributed by atoms with E-state index in [-0.39, 0.29) is 0 Å². The fraction of sp³-hybridized carbons (Fsp3) is 0.857. The van der Waals surface area contributed by atoms with Crippen LogP contribution in [0.3, 0.4) is 0 Å². The highest BCUT2D eigenvalue weighted by Crippen LogP contribution is 2.21. The summed E-state index contributed by atoms with van der Waals surface area (Å²) in [5.41, 5.74) is 0. The number of ether oxygens (including phenoxy) is 1. The van der Waals surface area contributed by atoms with Crippen LogP contribution in [-0.2, 0) is 11.3 Å². The standard InChI is InChI=1S/C14H26N4OS/c1-10-5-11(2)7-18(6-10)8-12(3)15-14-16-13(9-19-4)17-20-14/h10-12H,5-9H2,1-4H3,(H,15,16,17)/t10-,11-,12-/m1/s1. The van der Waals surface area contributed by atoms with E-state index in [1.54, 1.807) is 7.11 Å². The molecule has 1 fully saturated rings. The maximum Gasteiger partial charge on any atom is 0.202 e. The molecule has 2 rings (SSSR count). The van der Waals surface area contributed by atoms with Crippen LogP contribution in [0.25, 0.3) is 0 Å². The topological polar surface area (TPSA) is 50.3 Å². The smallest absolute Gasteiger partial charge is 0.202 e. The number of hydrogen-bond donors (Lipinski definition) is 1. The summed E-state index contributed by atoms with van der Waals surface area (Å²) in [6.45, 7) is 10.9. The Kier molecular flexibility index (Phi) is 5.74. The van der Waals surface area contributed by atoms with Gasteiger partial charge in [-0.25, -0.2) is 4.98 Å². The Balaban J connectivity index is 1.80. The molecule has 1 saturated heterocycles. The van der Waals surface area contributed by atoms with Gasteiger partial charge in [0.1, 0.15) is 6.61 Å². The third kappa shape index (κ3) is 4.68. The molecule has 0 bridgehead atoms. The number of likely N-dealkylation sites (tertiary alicyclic amines) is 1. The number of nitrogens with one attached hydrogen (secondary N) is 1. The first-order valence-corrected chi connectivity index (χ1v) is 8.14. The second-order valence-electron chi connectivity index (χ2n) is 6.16. The average Bonchev–Trinajstić information content (AvgIpc) is 2.75. The van der Waals surface area contributed by atoms with Gasteiger partial charge in [-0.15, -0.1) is 0 Å². The fourth-order valence-corrected chi connectivity index (χ4v) is 3.77. The number of piperidine rings is 1. The number of methoxy groups -OCH3 is 1. The summed E-state index contributed by atoms with van der Waals surface area (Å²) in [6, 6.07) is 0.385. The van der Waals surface area contributed by atoms with Gasteiger partial charge >= 0.3 is 0 Å². The van der Waals surface area contributed by atoms with Gasteiger partial charge in [-0.3, -0.25) is 0 Å². The van der Waals surface area contributed by atoms with Crippen LogP contribution in [0.2, 0.25) is 0 Å². The van der Waals surface area contributed by atoms with Crippen LogP contribution in [-0.4, -0.2) is 47.0 Å². The second kappa shape index (κ2) is 7.33. The van der Waals surface area contributed by atoms with Gasteiger partial charge in [0.05, 0.1) is 0 Å². The molecule has 0 aliphatic carbocycles. The quantitative estimate of drug-likeness (QED) is 0.874. The largest absolute Gasteiger partial charge is 0.377 e. The number of anilines is 1. The Morgan fingerprint density at radius 3 is 2.75 bits per heavy atom. The summed E-state index contributed by atoms with van der Waals surface area (Å²) >= 11 is 1.41. The Morgan fingerprint density at radius 1 is 1.40 bits per heavy atom. The minimum atomic E-state index is 0.385. The molecule has 6 heteroatoms. The van der Waals surface area contributed by atoms with Crippen molar-refractivity contribution in [2.75, 3.05) is 32.1 Å². The van der Waals surface area contributed by atoms with Crippen molar-refractivity contribution >= 4 is 16.7 Å². The third-order valence-corrected chi connectivity index (χ3v) is 4.27. The van der Waals surface area contributed by atoms with Gasteiger partial charge in [0, 0.05) is 44.3 Å². The zero-order chi connectivity index (χ0) is 14.5. The van der Waals surface area contributed by atoms with Gasteiger partial charge in [0.25, 0.3) is 0 Å². The summed E-state index contributed by atoms with van der Waals surface area (Å²) in [4.78, 5) is 6.98. The predicted molar refractivity (Wildman–Crippen MR) is 83.1 cm³/mol. The SMILES string of the molecule is COCc1nsc(N[C@H](C)CN2C[C@H](C)C[C@@H](C)C2)n1. The van der Waals surface area contributed by atoms with E-state index in [4.69, 9.17) is 4.74 Å². The normalized spacial score (nSPS) is 25.6. The molecule has 1 N–H and O–H groups in total. The lowest BCUT2D eigenvalue weighted by Crippen LogP contribution is -2.43. The van der Waals surface area contributed by atoms with Crippen LogP contribution in [0.1, 0.15) is 33.0 Å². The first kappa shape index (κ1) is 15.7. The minimum absolute atomic E-state index is 0.385. The zero-order valence-corrected chi connectivity index (χ0v) is 13.7. The molecule has 114 valence electrons. The van der Waals surface area contributed by atoms with Gasteiger partial charge in [-0.1, -0.05) is 13.8 Å².